The number of aldehydes is 2. The number of azo groups is 1. The molecule has 0 radical (unpaired) electrons. The first-order valence-electron chi connectivity index (χ1n) is 26.8. The van der Waals surface area contributed by atoms with Gasteiger partial charge in [0.2, 0.25) is 0 Å². The zero-order valence-electron chi connectivity index (χ0n) is 50.4. The molecule has 6 aromatic carbocycles. The van der Waals surface area contributed by atoms with Crippen molar-refractivity contribution in [3.8, 4) is 62.9 Å². The SMILES string of the molecule is CC(C)(C)OC(=O)Oc1ccc(-c2nc(-c3ccc(C=O)cc3OC(=O)OC(C)(C)C)nc(-c3ccc(OC(=O)OC(C)(C)C)cc3OC(=O)OC(C)(C)C)n2)c(C=O)c1.CC(C)(C)OC(=O)Oc1ccc2ccccc2c1N=Nc1ccccc1. The highest BCUT2D eigenvalue weighted by molar-refractivity contribution is 5.96. The Morgan fingerprint density at radius 3 is 1.27 bits per heavy atom. The highest BCUT2D eigenvalue weighted by Gasteiger charge is 2.28. The van der Waals surface area contributed by atoms with Crippen molar-refractivity contribution in [3.63, 3.8) is 0 Å². The van der Waals surface area contributed by atoms with Crippen LogP contribution in [-0.2, 0) is 23.7 Å². The zero-order valence-corrected chi connectivity index (χ0v) is 50.4. The van der Waals surface area contributed by atoms with E-state index >= 15 is 0 Å². The molecule has 22 nitrogen and oxygen atoms in total. The summed E-state index contributed by atoms with van der Waals surface area (Å²) < 4.78 is 53.8. The summed E-state index contributed by atoms with van der Waals surface area (Å²) in [4.78, 5) is 101. The summed E-state index contributed by atoms with van der Waals surface area (Å²) in [6.45, 7) is 25.1. The lowest BCUT2D eigenvalue weighted by Gasteiger charge is -2.20. The van der Waals surface area contributed by atoms with E-state index in [0.717, 1.165) is 10.8 Å². The Labute approximate surface area is 497 Å². The van der Waals surface area contributed by atoms with E-state index in [1.54, 1.807) is 110 Å². The van der Waals surface area contributed by atoms with Crippen molar-refractivity contribution in [2.45, 2.75) is 132 Å². The monoisotopic (exact) mass is 1180 g/mol. The number of aromatic nitrogens is 3. The van der Waals surface area contributed by atoms with Gasteiger partial charge in [-0.2, -0.15) is 5.11 Å². The molecule has 86 heavy (non-hydrogen) atoms. The summed E-state index contributed by atoms with van der Waals surface area (Å²) in [6.07, 6.45) is -4.04. The van der Waals surface area contributed by atoms with Gasteiger partial charge in [0, 0.05) is 28.1 Å². The number of hydrogen-bond acceptors (Lipinski definition) is 22. The second-order valence-electron chi connectivity index (χ2n) is 23.7. The number of benzene rings is 6. The molecule has 0 fully saturated rings. The van der Waals surface area contributed by atoms with E-state index in [2.05, 4.69) is 25.2 Å². The van der Waals surface area contributed by atoms with Crippen LogP contribution in [0, 0.1) is 0 Å². The first-order chi connectivity index (χ1) is 40.1. The maximum atomic E-state index is 13.1. The Balaban J connectivity index is 0.000000376. The number of carbonyl (C=O) groups is 7. The lowest BCUT2D eigenvalue weighted by molar-refractivity contribution is 0.0184. The van der Waals surface area contributed by atoms with E-state index in [0.29, 0.717) is 29.7 Å². The first-order valence-corrected chi connectivity index (χ1v) is 26.8. The van der Waals surface area contributed by atoms with Crippen LogP contribution in [0.5, 0.6) is 28.7 Å². The van der Waals surface area contributed by atoms with Crippen molar-refractivity contribution in [3.05, 3.63) is 132 Å². The predicted octanol–water partition coefficient (Wildman–Crippen LogP) is 16.3. The topological polar surface area (TPSA) is 275 Å². The van der Waals surface area contributed by atoms with E-state index in [9.17, 15) is 33.6 Å². The van der Waals surface area contributed by atoms with Gasteiger partial charge < -0.3 is 47.4 Å². The summed E-state index contributed by atoms with van der Waals surface area (Å²) in [5.41, 5.74) is -2.81. The Hall–Kier alpha value is -10.1. The molecule has 0 amide bonds. The van der Waals surface area contributed by atoms with E-state index in [1.807, 2.05) is 60.7 Å². The van der Waals surface area contributed by atoms with Gasteiger partial charge in [-0.15, -0.1) is 5.11 Å². The van der Waals surface area contributed by atoms with Crippen LogP contribution in [0.2, 0.25) is 0 Å². The number of nitrogens with zero attached hydrogens (tertiary/aromatic N) is 5. The number of carbonyl (C=O) groups excluding carboxylic acids is 7. The first kappa shape index (κ1) is 65.0. The van der Waals surface area contributed by atoms with Crippen LogP contribution in [0.25, 0.3) is 44.9 Å². The van der Waals surface area contributed by atoms with Gasteiger partial charge in [-0.05, 0) is 170 Å². The van der Waals surface area contributed by atoms with Gasteiger partial charge in [-0.3, -0.25) is 9.59 Å². The zero-order chi connectivity index (χ0) is 63.4. The Morgan fingerprint density at radius 2 is 0.791 bits per heavy atom. The van der Waals surface area contributed by atoms with Crippen molar-refractivity contribution in [2.75, 3.05) is 0 Å². The molecule has 0 bridgehead atoms. The van der Waals surface area contributed by atoms with E-state index in [1.165, 1.54) is 54.6 Å². The summed E-state index contributed by atoms with van der Waals surface area (Å²) >= 11 is 0. The quantitative estimate of drug-likeness (QED) is 0.0361. The minimum absolute atomic E-state index is 0.0268. The normalized spacial score (nSPS) is 11.7. The maximum absolute atomic E-state index is 13.1. The van der Waals surface area contributed by atoms with Gasteiger partial charge in [0.15, 0.2) is 29.5 Å². The smallest absolute Gasteiger partial charge is 0.428 e. The fraction of sp³-hybridized carbons (Fsp3) is 0.312. The molecule has 450 valence electrons. The second kappa shape index (κ2) is 27.1. The highest BCUT2D eigenvalue weighted by atomic mass is 16.8. The molecule has 0 aliphatic heterocycles. The molecule has 0 unspecified atom stereocenters. The van der Waals surface area contributed by atoms with E-state index < -0.39 is 58.8 Å². The van der Waals surface area contributed by atoms with Gasteiger partial charge in [0.05, 0.1) is 16.8 Å². The number of hydrogen-bond donors (Lipinski definition) is 0. The fourth-order valence-corrected chi connectivity index (χ4v) is 7.20. The molecule has 1 aromatic heterocycles. The average molecular weight is 1180 g/mol. The van der Waals surface area contributed by atoms with Crippen molar-refractivity contribution in [1.82, 2.24) is 15.0 Å². The van der Waals surface area contributed by atoms with E-state index in [4.69, 9.17) is 47.4 Å². The third-order valence-corrected chi connectivity index (χ3v) is 10.4. The Bertz CT molecular complexity index is 3680. The largest absolute Gasteiger partial charge is 0.514 e. The maximum Gasteiger partial charge on any atom is 0.514 e. The van der Waals surface area contributed by atoms with E-state index in [-0.39, 0.29) is 68.3 Å². The van der Waals surface area contributed by atoms with Crippen LogP contribution in [0.1, 0.15) is 125 Å². The van der Waals surface area contributed by atoms with Crippen LogP contribution in [0.4, 0.5) is 35.3 Å². The number of rotatable bonds is 12. The number of ether oxygens (including phenoxy) is 10. The average Bonchev–Trinajstić information content (AvgIpc) is 1.24. The fourth-order valence-electron chi connectivity index (χ4n) is 7.20. The highest BCUT2D eigenvalue weighted by Crippen LogP contribution is 2.40. The third-order valence-electron chi connectivity index (χ3n) is 10.4. The molecule has 7 aromatic rings. The minimum Gasteiger partial charge on any atom is -0.428 e. The lowest BCUT2D eigenvalue weighted by Crippen LogP contribution is -2.26. The summed E-state index contributed by atoms with van der Waals surface area (Å²) in [5, 5.41) is 10.4. The standard InChI is InChI=1S/C43H47N3O14.C21H20N2O3/c1-40(2,3)57-36(49)53-26-14-17-28(25(20-26)23-48)33-44-34(29-16-13-24(22-47)19-31(29)55-38(51)59-42(7,8)9)46-35(45-33)30-18-15-27(54-37(50)58-41(4,5)6)21-32(30)56-39(52)60-43(10,11)12;1-21(2,3)26-20(24)25-18-14-13-15-9-7-8-12-17(15)19(18)23-22-16-10-5-4-6-11-16/h13-23H,1-12H3;4-14H,1-3H3. The molecule has 0 saturated heterocycles. The van der Waals surface area contributed by atoms with Crippen LogP contribution in [0.15, 0.2) is 132 Å². The van der Waals surface area contributed by atoms with Crippen LogP contribution >= 0.6 is 0 Å². The van der Waals surface area contributed by atoms with Gasteiger partial charge >= 0.3 is 30.8 Å². The van der Waals surface area contributed by atoms with Gasteiger partial charge in [0.1, 0.15) is 63.0 Å². The van der Waals surface area contributed by atoms with Crippen molar-refractivity contribution in [2.24, 2.45) is 10.2 Å². The lowest BCUT2D eigenvalue weighted by atomic mass is 10.1. The molecule has 0 spiro atoms. The minimum atomic E-state index is -1.13. The molecule has 0 atom stereocenters. The van der Waals surface area contributed by atoms with Gasteiger partial charge in [-0.25, -0.2) is 38.9 Å². The molecule has 0 aliphatic carbocycles. The van der Waals surface area contributed by atoms with Crippen molar-refractivity contribution < 1.29 is 80.9 Å². The predicted molar refractivity (Wildman–Crippen MR) is 316 cm³/mol. The Morgan fingerprint density at radius 1 is 0.384 bits per heavy atom. The summed E-state index contributed by atoms with van der Waals surface area (Å²) in [7, 11) is 0. The molecule has 0 aliphatic rings. The summed E-state index contributed by atoms with van der Waals surface area (Å²) in [6, 6.07) is 32.8. The second-order valence-corrected chi connectivity index (χ2v) is 23.7. The molecule has 22 heteroatoms. The van der Waals surface area contributed by atoms with Crippen LogP contribution < -0.4 is 23.7 Å². The number of fused-ring (bicyclic) bond motifs is 1. The van der Waals surface area contributed by atoms with Gasteiger partial charge in [-0.1, -0.05) is 54.6 Å². The van der Waals surface area contributed by atoms with Crippen molar-refractivity contribution >= 4 is 65.5 Å². The van der Waals surface area contributed by atoms with Gasteiger partial charge in [0.25, 0.3) is 0 Å². The molecule has 0 N–H and O–H groups in total. The third kappa shape index (κ3) is 20.3. The van der Waals surface area contributed by atoms with Crippen molar-refractivity contribution in [1.29, 1.82) is 0 Å². The Kier molecular flexibility index (Phi) is 20.5. The molecule has 0 saturated carbocycles. The molecule has 1 heterocycles. The van der Waals surface area contributed by atoms with Crippen LogP contribution in [-0.4, -0.2) is 86.3 Å². The molecular weight excluding hydrogens is 1110 g/mol. The molecule has 7 rings (SSSR count). The summed E-state index contributed by atoms with van der Waals surface area (Å²) in [5.74, 6) is -0.719. The molecular formula is C64H67N5O17. The van der Waals surface area contributed by atoms with Crippen LogP contribution in [0.3, 0.4) is 0 Å².